The van der Waals surface area contributed by atoms with Crippen LogP contribution in [0.2, 0.25) is 5.02 Å². The van der Waals surface area contributed by atoms with Crippen LogP contribution in [0.3, 0.4) is 0 Å². The number of carbonyl (C=O) groups excluding carboxylic acids is 1. The molecule has 0 heterocycles. The molecule has 0 bridgehead atoms. The highest BCUT2D eigenvalue weighted by atomic mass is 35.5. The van der Waals surface area contributed by atoms with Gasteiger partial charge in [0.2, 0.25) is 0 Å². The van der Waals surface area contributed by atoms with Crippen LogP contribution in [0, 0.1) is 10.1 Å². The standard InChI is InChI=1S/C17H15ClN2O6S/c1-12(27(24,25)16-8-4-14(18)5-9-16)10-17(21)26-19-11-13-2-6-15(7-3-13)20(22)23/h2-9,11-12H,10H2,1H3. The summed E-state index contributed by atoms with van der Waals surface area (Å²) in [5.74, 6) is -0.821. The van der Waals surface area contributed by atoms with Crippen molar-refractivity contribution in [3.63, 3.8) is 0 Å². The molecule has 2 aromatic carbocycles. The second kappa shape index (κ2) is 8.74. The van der Waals surface area contributed by atoms with Crippen LogP contribution in [0.1, 0.15) is 18.9 Å². The molecule has 0 N–H and O–H groups in total. The average Bonchev–Trinajstić information content (AvgIpc) is 2.62. The van der Waals surface area contributed by atoms with Crippen molar-refractivity contribution in [1.29, 1.82) is 0 Å². The molecule has 0 saturated carbocycles. The van der Waals surface area contributed by atoms with Gasteiger partial charge < -0.3 is 4.84 Å². The van der Waals surface area contributed by atoms with Crippen molar-refractivity contribution < 1.29 is 23.0 Å². The zero-order valence-electron chi connectivity index (χ0n) is 14.1. The summed E-state index contributed by atoms with van der Waals surface area (Å²) in [6.45, 7) is 1.39. The molecule has 2 aromatic rings. The summed E-state index contributed by atoms with van der Waals surface area (Å²) in [5.41, 5.74) is 0.403. The SMILES string of the molecule is CC(CC(=O)ON=Cc1ccc([N+](=O)[O-])cc1)S(=O)(=O)c1ccc(Cl)cc1. The third-order valence-electron chi connectivity index (χ3n) is 3.59. The maximum atomic E-state index is 12.4. The van der Waals surface area contributed by atoms with E-state index in [0.29, 0.717) is 10.6 Å². The van der Waals surface area contributed by atoms with E-state index in [1.165, 1.54) is 61.7 Å². The van der Waals surface area contributed by atoms with E-state index >= 15 is 0 Å². The van der Waals surface area contributed by atoms with E-state index in [1.54, 1.807) is 0 Å². The van der Waals surface area contributed by atoms with Gasteiger partial charge in [0.15, 0.2) is 9.84 Å². The third-order valence-corrected chi connectivity index (χ3v) is 5.99. The minimum absolute atomic E-state index is 0.0570. The molecule has 2 rings (SSSR count). The molecule has 0 saturated heterocycles. The number of carbonyl (C=O) groups is 1. The van der Waals surface area contributed by atoms with Crippen molar-refractivity contribution >= 4 is 39.3 Å². The van der Waals surface area contributed by atoms with Crippen molar-refractivity contribution in [2.75, 3.05) is 0 Å². The topological polar surface area (TPSA) is 116 Å². The van der Waals surface area contributed by atoms with Gasteiger partial charge in [-0.15, -0.1) is 0 Å². The first kappa shape index (κ1) is 20.5. The Morgan fingerprint density at radius 2 is 1.81 bits per heavy atom. The highest BCUT2D eigenvalue weighted by Gasteiger charge is 2.26. The number of benzene rings is 2. The van der Waals surface area contributed by atoms with Crippen LogP contribution in [-0.2, 0) is 19.5 Å². The lowest BCUT2D eigenvalue weighted by molar-refractivity contribution is -0.384. The Kier molecular flexibility index (Phi) is 6.65. The summed E-state index contributed by atoms with van der Waals surface area (Å²) in [4.78, 5) is 26.5. The normalized spacial score (nSPS) is 12.7. The molecule has 10 heteroatoms. The first-order chi connectivity index (χ1) is 12.7. The number of rotatable bonds is 7. The Balaban J connectivity index is 1.94. The first-order valence-corrected chi connectivity index (χ1v) is 9.59. The minimum Gasteiger partial charge on any atom is -0.318 e. The number of hydrogen-bond donors (Lipinski definition) is 0. The number of nitro groups is 1. The molecule has 0 aliphatic carbocycles. The molecule has 0 amide bonds. The molecule has 142 valence electrons. The van der Waals surface area contributed by atoms with Gasteiger partial charge in [0, 0.05) is 17.2 Å². The van der Waals surface area contributed by atoms with Gasteiger partial charge in [-0.25, -0.2) is 13.2 Å². The fraction of sp³-hybridized carbons (Fsp3) is 0.176. The van der Waals surface area contributed by atoms with Crippen molar-refractivity contribution in [2.24, 2.45) is 5.16 Å². The molecule has 0 aliphatic heterocycles. The van der Waals surface area contributed by atoms with Crippen molar-refractivity contribution in [1.82, 2.24) is 0 Å². The largest absolute Gasteiger partial charge is 0.336 e. The van der Waals surface area contributed by atoms with Crippen LogP contribution >= 0.6 is 11.6 Å². The minimum atomic E-state index is -3.72. The summed E-state index contributed by atoms with van der Waals surface area (Å²) >= 11 is 5.74. The van der Waals surface area contributed by atoms with Crippen LogP contribution < -0.4 is 0 Å². The maximum absolute atomic E-state index is 12.4. The van der Waals surface area contributed by atoms with Crippen LogP contribution in [0.4, 0.5) is 5.69 Å². The van der Waals surface area contributed by atoms with Crippen molar-refractivity contribution in [3.05, 3.63) is 69.2 Å². The number of nitrogens with zero attached hydrogens (tertiary/aromatic N) is 2. The Morgan fingerprint density at radius 3 is 2.37 bits per heavy atom. The summed E-state index contributed by atoms with van der Waals surface area (Å²) < 4.78 is 24.8. The Bertz CT molecular complexity index is 956. The quantitative estimate of drug-likeness (QED) is 0.299. The molecule has 8 nitrogen and oxygen atoms in total. The monoisotopic (exact) mass is 410 g/mol. The lowest BCUT2D eigenvalue weighted by Crippen LogP contribution is -2.22. The van der Waals surface area contributed by atoms with Crippen LogP contribution in [0.25, 0.3) is 0 Å². The fourth-order valence-corrected chi connectivity index (χ4v) is 3.53. The van der Waals surface area contributed by atoms with E-state index in [2.05, 4.69) is 9.99 Å². The first-order valence-electron chi connectivity index (χ1n) is 7.67. The maximum Gasteiger partial charge on any atom is 0.336 e. The molecule has 27 heavy (non-hydrogen) atoms. The lowest BCUT2D eigenvalue weighted by atomic mass is 10.2. The highest BCUT2D eigenvalue weighted by molar-refractivity contribution is 7.92. The molecular formula is C17H15ClN2O6S. The predicted octanol–water partition coefficient (Wildman–Crippen LogP) is 3.38. The van der Waals surface area contributed by atoms with Crippen LogP contribution in [0.5, 0.6) is 0 Å². The molecular weight excluding hydrogens is 396 g/mol. The number of nitro benzene ring substituents is 1. The second-order valence-electron chi connectivity index (χ2n) is 5.56. The molecule has 0 spiro atoms. The summed E-state index contributed by atoms with van der Waals surface area (Å²) in [6.07, 6.45) is 0.808. The van der Waals surface area contributed by atoms with Gasteiger partial charge in [-0.1, -0.05) is 16.8 Å². The summed E-state index contributed by atoms with van der Waals surface area (Å²) in [5, 5.41) is 13.4. The molecule has 0 aliphatic rings. The summed E-state index contributed by atoms with van der Waals surface area (Å²) in [6, 6.07) is 11.1. The van der Waals surface area contributed by atoms with Crippen molar-refractivity contribution in [2.45, 2.75) is 23.5 Å². The Morgan fingerprint density at radius 1 is 1.22 bits per heavy atom. The summed E-state index contributed by atoms with van der Waals surface area (Å²) in [7, 11) is -3.72. The Hall–Kier alpha value is -2.78. The number of halogens is 1. The van der Waals surface area contributed by atoms with E-state index in [0.717, 1.165) is 0 Å². The second-order valence-corrected chi connectivity index (χ2v) is 8.36. The third kappa shape index (κ3) is 5.60. The van der Waals surface area contributed by atoms with E-state index in [1.807, 2.05) is 0 Å². The van der Waals surface area contributed by atoms with Gasteiger partial charge in [-0.3, -0.25) is 10.1 Å². The number of non-ortho nitro benzene ring substituents is 1. The highest BCUT2D eigenvalue weighted by Crippen LogP contribution is 2.20. The van der Waals surface area contributed by atoms with E-state index < -0.39 is 26.0 Å². The number of hydrogen-bond acceptors (Lipinski definition) is 7. The number of sulfone groups is 1. The molecule has 0 aromatic heterocycles. The van der Waals surface area contributed by atoms with Gasteiger partial charge in [0.1, 0.15) is 0 Å². The smallest absolute Gasteiger partial charge is 0.318 e. The van der Waals surface area contributed by atoms with Crippen molar-refractivity contribution in [3.8, 4) is 0 Å². The van der Waals surface area contributed by atoms with E-state index in [4.69, 9.17) is 11.6 Å². The van der Waals surface area contributed by atoms with Crippen LogP contribution in [0.15, 0.2) is 58.6 Å². The van der Waals surface area contributed by atoms with Gasteiger partial charge in [0.05, 0.1) is 27.7 Å². The zero-order valence-corrected chi connectivity index (χ0v) is 15.7. The van der Waals surface area contributed by atoms with Gasteiger partial charge in [-0.05, 0) is 48.9 Å². The van der Waals surface area contributed by atoms with Gasteiger partial charge in [0.25, 0.3) is 5.69 Å². The number of oxime groups is 1. The fourth-order valence-electron chi connectivity index (χ4n) is 2.07. The molecule has 1 atom stereocenters. The molecule has 0 radical (unpaired) electrons. The van der Waals surface area contributed by atoms with E-state index in [9.17, 15) is 23.3 Å². The molecule has 0 fully saturated rings. The Labute approximate surface area is 160 Å². The van der Waals surface area contributed by atoms with Gasteiger partial charge in [-0.2, -0.15) is 0 Å². The predicted molar refractivity (Wildman–Crippen MR) is 99.5 cm³/mol. The van der Waals surface area contributed by atoms with Crippen LogP contribution in [-0.4, -0.2) is 30.8 Å². The average molecular weight is 411 g/mol. The lowest BCUT2D eigenvalue weighted by Gasteiger charge is -2.11. The van der Waals surface area contributed by atoms with Gasteiger partial charge >= 0.3 is 5.97 Å². The zero-order chi connectivity index (χ0) is 20.0. The molecule has 1 unspecified atom stereocenters. The van der Waals surface area contributed by atoms with E-state index in [-0.39, 0.29) is 17.0 Å².